The standard InChI is InChI=1S/C3H8O4S2.K/c1-2(4)3(5)9(6,7)8;/h2-5H,1H3,(H,6,7,8);/q;+1/p-1. The Labute approximate surface area is 107 Å². The molecular weight excluding hydrogens is 203 g/mol. The van der Waals surface area contributed by atoms with Crippen molar-refractivity contribution in [1.82, 2.24) is 0 Å². The first-order valence-corrected chi connectivity index (χ1v) is 4.63. The molecule has 0 fully saturated rings. The van der Waals surface area contributed by atoms with Crippen molar-refractivity contribution in [3.05, 3.63) is 0 Å². The Kier molecular flexibility index (Phi) is 7.95. The Morgan fingerprint density at radius 1 is 1.60 bits per heavy atom. The van der Waals surface area contributed by atoms with Gasteiger partial charge in [-0.05, 0) is 26.9 Å². The van der Waals surface area contributed by atoms with Gasteiger partial charge in [-0.2, -0.15) is 0 Å². The molecule has 0 saturated carbocycles. The van der Waals surface area contributed by atoms with E-state index in [1.54, 1.807) is 0 Å². The second kappa shape index (κ2) is 5.52. The molecular formula is C3H7KO4S2. The summed E-state index contributed by atoms with van der Waals surface area (Å²) in [5.74, 6) is 0. The van der Waals surface area contributed by atoms with E-state index in [1.165, 1.54) is 0 Å². The number of aliphatic hydroxyl groups is 2. The van der Waals surface area contributed by atoms with Crippen molar-refractivity contribution < 1.29 is 70.4 Å². The monoisotopic (exact) mass is 210 g/mol. The van der Waals surface area contributed by atoms with Crippen molar-refractivity contribution in [2.24, 2.45) is 0 Å². The van der Waals surface area contributed by atoms with Crippen LogP contribution in [0.25, 0.3) is 0 Å². The molecule has 0 aliphatic rings. The number of rotatable bonds is 2. The van der Waals surface area contributed by atoms with E-state index >= 15 is 0 Å². The Morgan fingerprint density at radius 3 is 1.90 bits per heavy atom. The molecule has 0 aliphatic carbocycles. The van der Waals surface area contributed by atoms with E-state index in [-0.39, 0.29) is 51.4 Å². The van der Waals surface area contributed by atoms with Crippen molar-refractivity contribution >= 4 is 20.0 Å². The van der Waals surface area contributed by atoms with Crippen LogP contribution in [0.5, 0.6) is 0 Å². The average Bonchev–Trinajstić information content (AvgIpc) is 1.62. The van der Waals surface area contributed by atoms with Crippen LogP contribution in [0, 0.1) is 0 Å². The van der Waals surface area contributed by atoms with Crippen molar-refractivity contribution in [2.45, 2.75) is 18.5 Å². The van der Waals surface area contributed by atoms with E-state index in [2.05, 4.69) is 11.2 Å². The smallest absolute Gasteiger partial charge is 0.767 e. The summed E-state index contributed by atoms with van der Waals surface area (Å²) in [5, 5.41) is 17.0. The van der Waals surface area contributed by atoms with Gasteiger partial charge in [0.15, 0.2) is 0 Å². The largest absolute Gasteiger partial charge is 1.00 e. The summed E-state index contributed by atoms with van der Waals surface area (Å²) >= 11 is 3.85. The molecule has 0 aliphatic heterocycles. The second-order valence-corrected chi connectivity index (χ2v) is 4.49. The minimum atomic E-state index is -3.91. The first kappa shape index (κ1) is 14.4. The first-order valence-electron chi connectivity index (χ1n) is 2.16. The third-order valence-corrected chi connectivity index (χ3v) is 2.29. The average molecular weight is 210 g/mol. The number of aliphatic hydroxyl groups excluding tert-OH is 2. The van der Waals surface area contributed by atoms with Crippen LogP contribution in [0.4, 0.5) is 0 Å². The molecule has 0 rings (SSSR count). The number of hydrogen-bond acceptors (Lipinski definition) is 5. The van der Waals surface area contributed by atoms with Gasteiger partial charge in [-0.3, -0.25) is 4.21 Å². The van der Waals surface area contributed by atoms with Gasteiger partial charge in [-0.1, -0.05) is 0 Å². The fraction of sp³-hybridized carbons (Fsp3) is 1.00. The van der Waals surface area contributed by atoms with Crippen LogP contribution in [-0.2, 0) is 20.0 Å². The zero-order chi connectivity index (χ0) is 7.65. The second-order valence-electron chi connectivity index (χ2n) is 1.62. The molecule has 0 saturated heterocycles. The summed E-state index contributed by atoms with van der Waals surface area (Å²) in [7, 11) is -3.91. The molecule has 3 atom stereocenters. The summed E-state index contributed by atoms with van der Waals surface area (Å²) in [6.07, 6.45) is -1.33. The maximum atomic E-state index is 10.2. The maximum absolute atomic E-state index is 10.2. The van der Waals surface area contributed by atoms with Crippen molar-refractivity contribution in [3.63, 3.8) is 0 Å². The summed E-state index contributed by atoms with van der Waals surface area (Å²) < 4.78 is 20.4. The summed E-state index contributed by atoms with van der Waals surface area (Å²) in [5.41, 5.74) is -1.84. The van der Waals surface area contributed by atoms with Crippen molar-refractivity contribution in [1.29, 1.82) is 0 Å². The molecule has 3 unspecified atom stereocenters. The van der Waals surface area contributed by atoms with Gasteiger partial charge in [0.05, 0.1) is 6.10 Å². The van der Waals surface area contributed by atoms with Gasteiger partial charge in [0, 0.05) is 0 Å². The molecule has 10 heavy (non-hydrogen) atoms. The molecule has 0 aromatic carbocycles. The van der Waals surface area contributed by atoms with E-state index in [9.17, 15) is 8.76 Å². The van der Waals surface area contributed by atoms with Crippen molar-refractivity contribution in [2.75, 3.05) is 0 Å². The summed E-state index contributed by atoms with van der Waals surface area (Å²) in [4.78, 5) is 0. The van der Waals surface area contributed by atoms with Gasteiger partial charge in [-0.15, -0.1) is 0 Å². The number of hydrogen-bond donors (Lipinski definition) is 2. The van der Waals surface area contributed by atoms with E-state index in [0.29, 0.717) is 0 Å². The van der Waals surface area contributed by atoms with Crippen LogP contribution in [-0.4, -0.2) is 30.5 Å². The van der Waals surface area contributed by atoms with Gasteiger partial charge >= 0.3 is 51.4 Å². The Hall–Kier alpha value is 1.89. The van der Waals surface area contributed by atoms with Crippen LogP contribution >= 0.6 is 0 Å². The molecule has 7 heteroatoms. The Bertz CT molecular complexity index is 175. The minimum absolute atomic E-state index is 0. The van der Waals surface area contributed by atoms with E-state index in [1.807, 2.05) is 0 Å². The van der Waals surface area contributed by atoms with Gasteiger partial charge in [0.25, 0.3) is 0 Å². The Morgan fingerprint density at radius 2 is 1.90 bits per heavy atom. The van der Waals surface area contributed by atoms with E-state index < -0.39 is 20.3 Å². The fourth-order valence-corrected chi connectivity index (χ4v) is 1.21. The van der Waals surface area contributed by atoms with Crippen molar-refractivity contribution in [3.8, 4) is 0 Å². The minimum Gasteiger partial charge on any atom is -0.767 e. The summed E-state index contributed by atoms with van der Waals surface area (Å²) in [6.45, 7) is 1.15. The SMILES string of the molecule is CC(O)C(O)S(=O)([O-])=S.[K+]. The molecule has 0 radical (unpaired) electrons. The molecule has 0 bridgehead atoms. The van der Waals surface area contributed by atoms with E-state index in [0.717, 1.165) is 6.92 Å². The maximum Gasteiger partial charge on any atom is 1.00 e. The molecule has 0 aromatic rings. The quantitative estimate of drug-likeness (QED) is 0.450. The van der Waals surface area contributed by atoms with Crippen LogP contribution in [0.3, 0.4) is 0 Å². The van der Waals surface area contributed by atoms with Crippen LogP contribution in [0.1, 0.15) is 6.92 Å². The van der Waals surface area contributed by atoms with Crippen LogP contribution in [0.2, 0.25) is 0 Å². The molecule has 0 amide bonds. The van der Waals surface area contributed by atoms with Gasteiger partial charge in [-0.25, -0.2) is 0 Å². The third-order valence-electron chi connectivity index (χ3n) is 0.708. The van der Waals surface area contributed by atoms with Gasteiger partial charge in [0.1, 0.15) is 5.44 Å². The zero-order valence-corrected chi connectivity index (χ0v) is 10.4. The molecule has 56 valence electrons. The fourth-order valence-electron chi connectivity index (χ4n) is 0.241. The first-order chi connectivity index (χ1) is 3.85. The molecule has 0 aromatic heterocycles. The molecule has 0 heterocycles. The van der Waals surface area contributed by atoms with E-state index in [4.69, 9.17) is 10.2 Å². The van der Waals surface area contributed by atoms with Crippen LogP contribution < -0.4 is 51.4 Å². The molecule has 2 N–H and O–H groups in total. The van der Waals surface area contributed by atoms with Gasteiger partial charge in [0.2, 0.25) is 0 Å². The molecule has 4 nitrogen and oxygen atoms in total. The summed E-state index contributed by atoms with van der Waals surface area (Å²) in [6, 6.07) is 0. The van der Waals surface area contributed by atoms with Gasteiger partial charge < -0.3 is 14.8 Å². The predicted molar refractivity (Wildman–Crippen MR) is 34.0 cm³/mol. The topological polar surface area (TPSA) is 80.6 Å². The molecule has 0 spiro atoms. The van der Waals surface area contributed by atoms with Crippen LogP contribution in [0.15, 0.2) is 0 Å². The zero-order valence-electron chi connectivity index (χ0n) is 5.68. The third kappa shape index (κ3) is 5.53. The normalized spacial score (nSPS) is 22.0. The Balaban J connectivity index is 0. The predicted octanol–water partition coefficient (Wildman–Crippen LogP) is -4.43.